The van der Waals surface area contributed by atoms with E-state index in [0.29, 0.717) is 11.3 Å². The molecular weight excluding hydrogens is 458 g/mol. The van der Waals surface area contributed by atoms with Gasteiger partial charge in [0.2, 0.25) is 5.91 Å². The van der Waals surface area contributed by atoms with Crippen LogP contribution in [0.4, 0.5) is 10.5 Å². The van der Waals surface area contributed by atoms with E-state index in [0.717, 1.165) is 22.3 Å². The Hall–Kier alpha value is -3.39. The molecule has 0 aliphatic heterocycles. The third-order valence-electron chi connectivity index (χ3n) is 5.83. The Morgan fingerprint density at radius 2 is 1.44 bits per heavy atom. The first-order valence-electron chi connectivity index (χ1n) is 12.1. The van der Waals surface area contributed by atoms with Crippen LogP contribution in [-0.4, -0.2) is 52.7 Å². The summed E-state index contributed by atoms with van der Waals surface area (Å²) >= 11 is 0. The zero-order chi connectivity index (χ0) is 27.2. The number of rotatable bonds is 8. The van der Waals surface area contributed by atoms with E-state index in [1.165, 1.54) is 11.8 Å². The number of nitrogens with zero attached hydrogens (tertiary/aromatic N) is 1. The van der Waals surface area contributed by atoms with Crippen LogP contribution in [0.5, 0.6) is 0 Å². The van der Waals surface area contributed by atoms with E-state index in [2.05, 4.69) is 10.6 Å². The highest BCUT2D eigenvalue weighted by atomic mass is 16.6. The summed E-state index contributed by atoms with van der Waals surface area (Å²) in [7, 11) is 0. The van der Waals surface area contributed by atoms with Crippen LogP contribution in [0.3, 0.4) is 0 Å². The molecule has 2 aromatic rings. The van der Waals surface area contributed by atoms with Crippen LogP contribution in [0.2, 0.25) is 0 Å². The lowest BCUT2D eigenvalue weighted by molar-refractivity contribution is -0.141. The minimum Gasteiger partial charge on any atom is -0.444 e. The average Bonchev–Trinajstić information content (AvgIpc) is 2.75. The first-order chi connectivity index (χ1) is 16.8. The molecule has 8 nitrogen and oxygen atoms in total. The van der Waals surface area contributed by atoms with Crippen LogP contribution in [0.15, 0.2) is 36.4 Å². The molecule has 0 spiro atoms. The van der Waals surface area contributed by atoms with Crippen LogP contribution in [0, 0.1) is 27.7 Å². The lowest BCUT2D eigenvalue weighted by atomic mass is 9.93. The fourth-order valence-electron chi connectivity index (χ4n) is 4.16. The molecule has 3 amide bonds. The summed E-state index contributed by atoms with van der Waals surface area (Å²) in [6.45, 7) is 13.8. The highest BCUT2D eigenvalue weighted by Crippen LogP contribution is 2.30. The molecule has 0 fully saturated rings. The minimum absolute atomic E-state index is 0.0994. The standard InChI is InChI=1S/C28H39N3O5/c1-17-11-9-12-18(2)22(17)24(25(33)30-23-19(3)13-10-14-20(23)4)31(15-16-32)26(34)21(5)29-27(35)36-28(6,7)8/h9-14,21,24,32H,15-16H2,1-8H3,(H,29,35)(H,30,33). The fourth-order valence-corrected chi connectivity index (χ4v) is 4.16. The van der Waals surface area contributed by atoms with Crippen molar-refractivity contribution in [1.29, 1.82) is 0 Å². The Kier molecular flexibility index (Phi) is 9.64. The second-order valence-electron chi connectivity index (χ2n) is 10.1. The van der Waals surface area contributed by atoms with Crippen molar-refractivity contribution >= 4 is 23.6 Å². The summed E-state index contributed by atoms with van der Waals surface area (Å²) in [6, 6.07) is 9.34. The molecule has 0 saturated carbocycles. The zero-order valence-electron chi connectivity index (χ0n) is 22.6. The molecule has 3 N–H and O–H groups in total. The second kappa shape index (κ2) is 12.0. The molecule has 2 unspecified atom stereocenters. The van der Waals surface area contributed by atoms with Gasteiger partial charge >= 0.3 is 6.09 Å². The van der Waals surface area contributed by atoms with E-state index < -0.39 is 35.6 Å². The Morgan fingerprint density at radius 3 is 1.92 bits per heavy atom. The first-order valence-corrected chi connectivity index (χ1v) is 12.1. The number of carbonyl (C=O) groups is 3. The molecule has 2 aromatic carbocycles. The van der Waals surface area contributed by atoms with Gasteiger partial charge in [-0.1, -0.05) is 36.4 Å². The van der Waals surface area contributed by atoms with Crippen LogP contribution in [-0.2, 0) is 14.3 Å². The summed E-state index contributed by atoms with van der Waals surface area (Å²) in [5.74, 6) is -0.921. The van der Waals surface area contributed by atoms with Crippen LogP contribution >= 0.6 is 0 Å². The van der Waals surface area contributed by atoms with Gasteiger partial charge in [-0.15, -0.1) is 0 Å². The van der Waals surface area contributed by atoms with Gasteiger partial charge in [-0.2, -0.15) is 0 Å². The number of carbonyl (C=O) groups excluding carboxylic acids is 3. The molecule has 0 aromatic heterocycles. The van der Waals surface area contributed by atoms with Crippen LogP contribution in [0.1, 0.15) is 61.6 Å². The number of para-hydroxylation sites is 1. The van der Waals surface area contributed by atoms with Crippen LogP contribution < -0.4 is 10.6 Å². The predicted octanol–water partition coefficient (Wildman–Crippen LogP) is 4.33. The lowest BCUT2D eigenvalue weighted by Gasteiger charge is -2.34. The van der Waals surface area contributed by atoms with Gasteiger partial charge in [0.1, 0.15) is 17.7 Å². The van der Waals surface area contributed by atoms with Crippen molar-refractivity contribution in [2.24, 2.45) is 0 Å². The van der Waals surface area contributed by atoms with E-state index in [-0.39, 0.29) is 13.2 Å². The SMILES string of the molecule is Cc1cccc(C)c1NC(=O)C(c1c(C)cccc1C)N(CCO)C(=O)C(C)NC(=O)OC(C)(C)C. The number of hydrogen-bond acceptors (Lipinski definition) is 5. The maximum atomic E-state index is 13.9. The molecule has 2 rings (SSSR count). The number of nitrogens with one attached hydrogen (secondary N) is 2. The third kappa shape index (κ3) is 7.31. The van der Waals surface area contributed by atoms with Crippen molar-refractivity contribution in [3.8, 4) is 0 Å². The number of ether oxygens (including phenoxy) is 1. The summed E-state index contributed by atoms with van der Waals surface area (Å²) in [5, 5.41) is 15.4. The molecule has 196 valence electrons. The number of alkyl carbamates (subject to hydrolysis) is 1. The number of amides is 3. The molecule has 0 bridgehead atoms. The van der Waals surface area contributed by atoms with E-state index >= 15 is 0 Å². The molecule has 36 heavy (non-hydrogen) atoms. The Bertz CT molecular complexity index is 1070. The fraction of sp³-hybridized carbons (Fsp3) is 0.464. The monoisotopic (exact) mass is 497 g/mol. The first kappa shape index (κ1) is 28.8. The van der Waals surface area contributed by atoms with Gasteiger partial charge in [-0.3, -0.25) is 9.59 Å². The topological polar surface area (TPSA) is 108 Å². The van der Waals surface area contributed by atoms with Gasteiger partial charge in [-0.05, 0) is 83.2 Å². The van der Waals surface area contributed by atoms with Crippen molar-refractivity contribution in [2.45, 2.75) is 73.1 Å². The second-order valence-corrected chi connectivity index (χ2v) is 10.1. The number of aryl methyl sites for hydroxylation is 4. The normalized spacial score (nSPS) is 12.9. The number of benzene rings is 2. The average molecular weight is 498 g/mol. The summed E-state index contributed by atoms with van der Waals surface area (Å²) in [4.78, 5) is 41.1. The highest BCUT2D eigenvalue weighted by Gasteiger charge is 2.36. The van der Waals surface area contributed by atoms with Gasteiger partial charge in [0, 0.05) is 12.2 Å². The summed E-state index contributed by atoms with van der Waals surface area (Å²) in [6.07, 6.45) is -0.740. The van der Waals surface area contributed by atoms with Crippen molar-refractivity contribution in [3.63, 3.8) is 0 Å². The maximum absolute atomic E-state index is 13.9. The Balaban J connectivity index is 2.51. The molecule has 0 radical (unpaired) electrons. The zero-order valence-corrected chi connectivity index (χ0v) is 22.6. The van der Waals surface area contributed by atoms with Crippen molar-refractivity contribution in [2.75, 3.05) is 18.5 Å². The molecule has 0 aliphatic carbocycles. The van der Waals surface area contributed by atoms with Gasteiger partial charge < -0.3 is 25.4 Å². The maximum Gasteiger partial charge on any atom is 0.408 e. The molecule has 8 heteroatoms. The predicted molar refractivity (Wildman–Crippen MR) is 141 cm³/mol. The Morgan fingerprint density at radius 1 is 0.944 bits per heavy atom. The third-order valence-corrected chi connectivity index (χ3v) is 5.83. The van der Waals surface area contributed by atoms with Gasteiger partial charge in [0.15, 0.2) is 0 Å². The van der Waals surface area contributed by atoms with Crippen LogP contribution in [0.25, 0.3) is 0 Å². The molecule has 2 atom stereocenters. The highest BCUT2D eigenvalue weighted by molar-refractivity contribution is 6.00. The smallest absolute Gasteiger partial charge is 0.408 e. The van der Waals surface area contributed by atoms with E-state index in [4.69, 9.17) is 4.74 Å². The van der Waals surface area contributed by atoms with E-state index in [1.54, 1.807) is 20.8 Å². The van der Waals surface area contributed by atoms with Gasteiger partial charge in [0.05, 0.1) is 6.61 Å². The largest absolute Gasteiger partial charge is 0.444 e. The van der Waals surface area contributed by atoms with Gasteiger partial charge in [0.25, 0.3) is 5.91 Å². The molecule has 0 aliphatic rings. The summed E-state index contributed by atoms with van der Waals surface area (Å²) in [5.41, 5.74) is 4.07. The van der Waals surface area contributed by atoms with E-state index in [1.807, 2.05) is 64.1 Å². The summed E-state index contributed by atoms with van der Waals surface area (Å²) < 4.78 is 5.28. The van der Waals surface area contributed by atoms with E-state index in [9.17, 15) is 19.5 Å². The number of aliphatic hydroxyl groups excluding tert-OH is 1. The molecule has 0 heterocycles. The van der Waals surface area contributed by atoms with Gasteiger partial charge in [-0.25, -0.2) is 4.79 Å². The van der Waals surface area contributed by atoms with Crippen molar-refractivity contribution in [1.82, 2.24) is 10.2 Å². The van der Waals surface area contributed by atoms with Crippen molar-refractivity contribution < 1.29 is 24.2 Å². The molecular formula is C28H39N3O5. The quantitative estimate of drug-likeness (QED) is 0.503. The number of anilines is 1. The minimum atomic E-state index is -1.03. The lowest BCUT2D eigenvalue weighted by Crippen LogP contribution is -2.52. The van der Waals surface area contributed by atoms with Crippen molar-refractivity contribution in [3.05, 3.63) is 64.2 Å². The number of hydrogen-bond donors (Lipinski definition) is 3. The Labute approximate surface area is 214 Å². The number of aliphatic hydroxyl groups is 1. The molecule has 0 saturated heterocycles.